The molecule has 86 valence electrons. The van der Waals surface area contributed by atoms with Gasteiger partial charge in [-0.15, -0.1) is 0 Å². The molecular weight excluding hydrogens is 214 g/mol. The summed E-state index contributed by atoms with van der Waals surface area (Å²) in [6, 6.07) is 11.4. The van der Waals surface area contributed by atoms with E-state index >= 15 is 0 Å². The Morgan fingerprint density at radius 1 is 1.29 bits per heavy atom. The molecule has 2 aromatic rings. The molecule has 0 bridgehead atoms. The quantitative estimate of drug-likeness (QED) is 0.816. The number of rotatable bonds is 3. The van der Waals surface area contributed by atoms with Crippen molar-refractivity contribution in [1.29, 1.82) is 0 Å². The second-order valence-corrected chi connectivity index (χ2v) is 3.57. The summed E-state index contributed by atoms with van der Waals surface area (Å²) in [5, 5.41) is 6.70. The Morgan fingerprint density at radius 3 is 2.71 bits per heavy atom. The van der Waals surface area contributed by atoms with Crippen molar-refractivity contribution in [3.05, 3.63) is 54.2 Å². The van der Waals surface area contributed by atoms with Gasteiger partial charge in [0.1, 0.15) is 5.82 Å². The molecule has 4 heteroatoms. The van der Waals surface area contributed by atoms with E-state index in [1.807, 2.05) is 30.3 Å². The molecule has 0 unspecified atom stereocenters. The second kappa shape index (κ2) is 5.12. The lowest BCUT2D eigenvalue weighted by atomic mass is 10.2. The molecule has 0 fully saturated rings. The van der Waals surface area contributed by atoms with Crippen LogP contribution in [0.4, 0.5) is 5.82 Å². The first kappa shape index (κ1) is 11.1. The number of nitrogens with one attached hydrogen (secondary N) is 1. The first-order valence-electron chi connectivity index (χ1n) is 5.28. The Labute approximate surface area is 99.6 Å². The molecule has 1 aromatic carbocycles. The van der Waals surface area contributed by atoms with Gasteiger partial charge >= 0.3 is 0 Å². The molecule has 1 heterocycles. The Kier molecular flexibility index (Phi) is 3.35. The molecule has 0 aliphatic carbocycles. The first-order chi connectivity index (χ1) is 8.25. The number of aryl methyl sites for hydroxylation is 1. The van der Waals surface area contributed by atoms with Crippen LogP contribution in [0.1, 0.15) is 5.56 Å². The molecule has 0 saturated carbocycles. The van der Waals surface area contributed by atoms with Crippen molar-refractivity contribution in [2.45, 2.75) is 0 Å². The SMILES string of the molecule is Cn1nccc1NC(=O)/C=C/c1ccccc1. The largest absolute Gasteiger partial charge is 0.307 e. The maximum absolute atomic E-state index is 11.6. The number of anilines is 1. The van der Waals surface area contributed by atoms with Crippen LogP contribution in [0.25, 0.3) is 6.08 Å². The van der Waals surface area contributed by atoms with E-state index in [-0.39, 0.29) is 5.91 Å². The maximum Gasteiger partial charge on any atom is 0.249 e. The average molecular weight is 227 g/mol. The van der Waals surface area contributed by atoms with Gasteiger partial charge in [0.2, 0.25) is 5.91 Å². The minimum atomic E-state index is -0.169. The summed E-state index contributed by atoms with van der Waals surface area (Å²) in [6.07, 6.45) is 4.91. The monoisotopic (exact) mass is 227 g/mol. The van der Waals surface area contributed by atoms with Crippen molar-refractivity contribution in [2.75, 3.05) is 5.32 Å². The zero-order chi connectivity index (χ0) is 12.1. The Bertz CT molecular complexity index is 529. The topological polar surface area (TPSA) is 46.9 Å². The minimum Gasteiger partial charge on any atom is -0.307 e. The van der Waals surface area contributed by atoms with Gasteiger partial charge in [-0.2, -0.15) is 5.10 Å². The van der Waals surface area contributed by atoms with Crippen molar-refractivity contribution in [2.24, 2.45) is 7.05 Å². The Morgan fingerprint density at radius 2 is 2.06 bits per heavy atom. The molecule has 4 nitrogen and oxygen atoms in total. The van der Waals surface area contributed by atoms with Crippen LogP contribution >= 0.6 is 0 Å². The molecule has 0 aliphatic heterocycles. The third-order valence-electron chi connectivity index (χ3n) is 2.30. The summed E-state index contributed by atoms with van der Waals surface area (Å²) < 4.78 is 1.61. The van der Waals surface area contributed by atoms with Crippen molar-refractivity contribution < 1.29 is 4.79 Å². The molecule has 2 rings (SSSR count). The molecule has 0 aliphatic rings. The summed E-state index contributed by atoms with van der Waals surface area (Å²) in [5.74, 6) is 0.505. The molecule has 1 aromatic heterocycles. The fourth-order valence-corrected chi connectivity index (χ4v) is 1.40. The third kappa shape index (κ3) is 3.04. The van der Waals surface area contributed by atoms with E-state index in [4.69, 9.17) is 0 Å². The van der Waals surface area contributed by atoms with Crippen LogP contribution in [0.2, 0.25) is 0 Å². The molecular formula is C13H13N3O. The van der Waals surface area contributed by atoms with Gasteiger partial charge in [-0.25, -0.2) is 0 Å². The molecule has 0 radical (unpaired) electrons. The first-order valence-corrected chi connectivity index (χ1v) is 5.28. The molecule has 17 heavy (non-hydrogen) atoms. The normalized spacial score (nSPS) is 10.6. The van der Waals surface area contributed by atoms with Crippen LogP contribution in [0.15, 0.2) is 48.7 Å². The summed E-state index contributed by atoms with van der Waals surface area (Å²) in [6.45, 7) is 0. The van der Waals surface area contributed by atoms with Gasteiger partial charge in [-0.1, -0.05) is 30.3 Å². The van der Waals surface area contributed by atoms with Crippen molar-refractivity contribution in [3.8, 4) is 0 Å². The number of carbonyl (C=O) groups is 1. The highest BCUT2D eigenvalue weighted by Gasteiger charge is 2.00. The smallest absolute Gasteiger partial charge is 0.249 e. The number of benzene rings is 1. The number of carbonyl (C=O) groups excluding carboxylic acids is 1. The van der Waals surface area contributed by atoms with E-state index in [0.717, 1.165) is 5.56 Å². The number of aromatic nitrogens is 2. The standard InChI is InChI=1S/C13H13N3O/c1-16-12(9-10-14-16)15-13(17)8-7-11-5-3-2-4-6-11/h2-10H,1H3,(H,15,17)/b8-7+. The van der Waals surface area contributed by atoms with Gasteiger partial charge in [-0.05, 0) is 11.6 Å². The highest BCUT2D eigenvalue weighted by molar-refractivity contribution is 6.01. The van der Waals surface area contributed by atoms with Crippen LogP contribution in [0, 0.1) is 0 Å². The van der Waals surface area contributed by atoms with Gasteiger partial charge < -0.3 is 5.32 Å². The molecule has 1 N–H and O–H groups in total. The van der Waals surface area contributed by atoms with Gasteiger partial charge in [0.05, 0.1) is 6.20 Å². The Hall–Kier alpha value is -2.36. The van der Waals surface area contributed by atoms with E-state index in [2.05, 4.69) is 10.4 Å². The van der Waals surface area contributed by atoms with Gasteiger partial charge in [0.25, 0.3) is 0 Å². The lowest BCUT2D eigenvalue weighted by molar-refractivity contribution is -0.111. The van der Waals surface area contributed by atoms with E-state index in [1.54, 1.807) is 30.1 Å². The Balaban J connectivity index is 1.99. The second-order valence-electron chi connectivity index (χ2n) is 3.57. The van der Waals surface area contributed by atoms with E-state index in [1.165, 1.54) is 6.08 Å². The van der Waals surface area contributed by atoms with Gasteiger partial charge in [-0.3, -0.25) is 9.48 Å². The predicted octanol–water partition coefficient (Wildman–Crippen LogP) is 2.07. The maximum atomic E-state index is 11.6. The van der Waals surface area contributed by atoms with Crippen LogP contribution in [-0.2, 0) is 11.8 Å². The third-order valence-corrected chi connectivity index (χ3v) is 2.30. The van der Waals surface area contributed by atoms with Gasteiger partial charge in [0, 0.05) is 19.2 Å². The van der Waals surface area contributed by atoms with Crippen LogP contribution in [-0.4, -0.2) is 15.7 Å². The zero-order valence-electron chi connectivity index (χ0n) is 9.50. The van der Waals surface area contributed by atoms with Crippen molar-refractivity contribution in [3.63, 3.8) is 0 Å². The molecule has 0 spiro atoms. The summed E-state index contributed by atoms with van der Waals surface area (Å²) in [4.78, 5) is 11.6. The summed E-state index contributed by atoms with van der Waals surface area (Å²) >= 11 is 0. The fourth-order valence-electron chi connectivity index (χ4n) is 1.40. The van der Waals surface area contributed by atoms with Gasteiger partial charge in [0.15, 0.2) is 0 Å². The lowest BCUT2D eigenvalue weighted by Crippen LogP contribution is -2.11. The predicted molar refractivity (Wildman–Crippen MR) is 67.3 cm³/mol. The molecule has 1 amide bonds. The number of hydrogen-bond donors (Lipinski definition) is 1. The number of hydrogen-bond acceptors (Lipinski definition) is 2. The van der Waals surface area contributed by atoms with E-state index < -0.39 is 0 Å². The fraction of sp³-hybridized carbons (Fsp3) is 0.0769. The summed E-state index contributed by atoms with van der Waals surface area (Å²) in [5.41, 5.74) is 0.993. The highest BCUT2D eigenvalue weighted by atomic mass is 16.1. The van der Waals surface area contributed by atoms with Crippen molar-refractivity contribution in [1.82, 2.24) is 9.78 Å². The van der Waals surface area contributed by atoms with E-state index in [0.29, 0.717) is 5.82 Å². The van der Waals surface area contributed by atoms with Crippen LogP contribution < -0.4 is 5.32 Å². The number of nitrogens with zero attached hydrogens (tertiary/aromatic N) is 2. The zero-order valence-corrected chi connectivity index (χ0v) is 9.50. The average Bonchev–Trinajstić information content (AvgIpc) is 2.74. The molecule has 0 atom stereocenters. The molecule has 0 saturated heterocycles. The van der Waals surface area contributed by atoms with Crippen LogP contribution in [0.5, 0.6) is 0 Å². The highest BCUT2D eigenvalue weighted by Crippen LogP contribution is 2.04. The number of amides is 1. The van der Waals surface area contributed by atoms with Crippen LogP contribution in [0.3, 0.4) is 0 Å². The summed E-state index contributed by atoms with van der Waals surface area (Å²) in [7, 11) is 1.77. The lowest BCUT2D eigenvalue weighted by Gasteiger charge is -2.01. The van der Waals surface area contributed by atoms with Crippen molar-refractivity contribution >= 4 is 17.8 Å². The minimum absolute atomic E-state index is 0.169. The van der Waals surface area contributed by atoms with E-state index in [9.17, 15) is 4.79 Å².